The van der Waals surface area contributed by atoms with Gasteiger partial charge in [-0.2, -0.15) is 5.90 Å². The number of hydrogen-bond donors (Lipinski definition) is 1. The summed E-state index contributed by atoms with van der Waals surface area (Å²) in [5.41, 5.74) is 0. The maximum absolute atomic E-state index is 8.83. The van der Waals surface area contributed by atoms with Crippen molar-refractivity contribution in [1.29, 1.82) is 0 Å². The molecule has 0 aliphatic heterocycles. The van der Waals surface area contributed by atoms with Crippen LogP contribution in [0.1, 0.15) is 0 Å². The summed E-state index contributed by atoms with van der Waals surface area (Å²) in [5.74, 6) is 4.16. The molecule has 0 radical (unpaired) electrons. The first-order chi connectivity index (χ1) is 1.91. The minimum atomic E-state index is 0. The second kappa shape index (κ2) is 8.83. The van der Waals surface area contributed by atoms with Gasteiger partial charge < -0.3 is 4.84 Å². The Hall–Kier alpha value is 0.690. The van der Waals surface area contributed by atoms with Gasteiger partial charge in [0.15, 0.2) is 0 Å². The van der Waals surface area contributed by atoms with E-state index in [9.17, 15) is 0 Å². The first-order valence-corrected chi connectivity index (χ1v) is 0.707. The molecule has 0 bridgehead atoms. The molecule has 0 heterocycles. The van der Waals surface area contributed by atoms with Crippen LogP contribution in [-0.2, 0) is 9.63 Å². The van der Waals surface area contributed by atoms with Crippen molar-refractivity contribution in [2.45, 2.75) is 0 Å². The molecule has 0 atom stereocenters. The third-order valence-electron chi connectivity index (χ3n) is 0.0556. The normalized spacial score (nSPS) is 4.20. The van der Waals surface area contributed by atoms with E-state index >= 15 is 0 Å². The topological polar surface area (TPSA) is 52.3 Å². The molecule has 0 saturated heterocycles. The molecule has 0 rings (SSSR count). The predicted octanol–water partition coefficient (Wildman–Crippen LogP) is -1.88. The van der Waals surface area contributed by atoms with Gasteiger partial charge in [0.1, 0.15) is 0 Å². The third kappa shape index (κ3) is 11.9. The van der Waals surface area contributed by atoms with Gasteiger partial charge in [-0.25, -0.2) is 0 Å². The zero-order valence-corrected chi connectivity index (χ0v) is 1.97. The fourth-order valence-electron chi connectivity index (χ4n) is 0. The van der Waals surface area contributed by atoms with Gasteiger partial charge in [-0.05, 0) is 0 Å². The predicted molar refractivity (Wildman–Crippen MR) is 19.9 cm³/mol. The molecule has 0 saturated carbocycles. The number of carbonyl (C=O) groups is 1. The van der Waals surface area contributed by atoms with E-state index in [0.29, 0.717) is 0 Å². The first kappa shape index (κ1) is 9.19. The van der Waals surface area contributed by atoms with E-state index in [4.69, 9.17) is 4.79 Å². The molecule has 4 heteroatoms. The van der Waals surface area contributed by atoms with Crippen molar-refractivity contribution in [3.63, 3.8) is 0 Å². The van der Waals surface area contributed by atoms with Crippen molar-refractivity contribution in [2.24, 2.45) is 5.90 Å². The molecule has 3 nitrogen and oxygen atoms in total. The number of rotatable bonds is 1. The SMILES string of the molecule is NOC=O.[CaH2]. The number of carbonyl (C=O) groups excluding carboxylic acids is 1. The van der Waals surface area contributed by atoms with Crippen molar-refractivity contribution < 1.29 is 9.63 Å². The molecule has 0 unspecified atom stereocenters. The standard InChI is InChI=1S/CH3NO2.Ca.2H/c2-4-1-3;;;/h1H,2H2;;;. The number of nitrogens with two attached hydrogens (primary N) is 1. The van der Waals surface area contributed by atoms with Gasteiger partial charge in [-0.15, -0.1) is 0 Å². The van der Waals surface area contributed by atoms with Crippen LogP contribution in [0.25, 0.3) is 0 Å². The van der Waals surface area contributed by atoms with E-state index < -0.39 is 0 Å². The Labute approximate surface area is 59.4 Å². The van der Waals surface area contributed by atoms with E-state index in [0.717, 1.165) is 0 Å². The summed E-state index contributed by atoms with van der Waals surface area (Å²) in [7, 11) is 0. The van der Waals surface area contributed by atoms with E-state index in [1.54, 1.807) is 0 Å². The van der Waals surface area contributed by atoms with Crippen LogP contribution >= 0.6 is 0 Å². The molecule has 0 aliphatic rings. The van der Waals surface area contributed by atoms with Crippen LogP contribution in [0.3, 0.4) is 0 Å². The van der Waals surface area contributed by atoms with Gasteiger partial charge in [-0.3, -0.25) is 4.79 Å². The van der Waals surface area contributed by atoms with Crippen molar-refractivity contribution in [3.8, 4) is 0 Å². The quantitative estimate of drug-likeness (QED) is 0.240. The molecule has 0 aromatic carbocycles. The molecular formula is CH5CaNO2. The van der Waals surface area contributed by atoms with Gasteiger partial charge in [0.05, 0.1) is 0 Å². The van der Waals surface area contributed by atoms with Crippen LogP contribution in [0.5, 0.6) is 0 Å². The zero-order chi connectivity index (χ0) is 3.41. The molecule has 28 valence electrons. The summed E-state index contributed by atoms with van der Waals surface area (Å²) in [4.78, 5) is 12.2. The summed E-state index contributed by atoms with van der Waals surface area (Å²) < 4.78 is 0. The van der Waals surface area contributed by atoms with Gasteiger partial charge in [0, 0.05) is 0 Å². The van der Waals surface area contributed by atoms with E-state index in [-0.39, 0.29) is 44.2 Å². The summed E-state index contributed by atoms with van der Waals surface area (Å²) in [6.07, 6.45) is 0. The Kier molecular flexibility index (Phi) is 16.2. The fraction of sp³-hybridized carbons (Fsp3) is 0. The van der Waals surface area contributed by atoms with Gasteiger partial charge >= 0.3 is 44.2 Å². The Bertz CT molecular complexity index is 23.6. The van der Waals surface area contributed by atoms with Gasteiger partial charge in [-0.1, -0.05) is 0 Å². The van der Waals surface area contributed by atoms with Crippen LogP contribution in [0, 0.1) is 0 Å². The van der Waals surface area contributed by atoms with Crippen LogP contribution in [0.4, 0.5) is 0 Å². The number of hydrogen-bond acceptors (Lipinski definition) is 3. The summed E-state index contributed by atoms with van der Waals surface area (Å²) in [6.45, 7) is 0.153. The Balaban J connectivity index is 0. The molecule has 0 amide bonds. The van der Waals surface area contributed by atoms with Crippen LogP contribution in [0.2, 0.25) is 0 Å². The Morgan fingerprint density at radius 3 is 2.00 bits per heavy atom. The zero-order valence-electron chi connectivity index (χ0n) is 1.97. The third-order valence-corrected chi connectivity index (χ3v) is 0.0556. The molecule has 5 heavy (non-hydrogen) atoms. The average molecular weight is 103 g/mol. The molecule has 0 fully saturated rings. The molecule has 0 aliphatic carbocycles. The molecule has 0 spiro atoms. The summed E-state index contributed by atoms with van der Waals surface area (Å²) in [5, 5.41) is 0. The average Bonchev–Trinajstić information content (AvgIpc) is 1.37. The second-order valence-electron chi connectivity index (χ2n) is 0.232. The van der Waals surface area contributed by atoms with E-state index in [1.807, 2.05) is 0 Å². The van der Waals surface area contributed by atoms with Gasteiger partial charge in [0.2, 0.25) is 0 Å². The summed E-state index contributed by atoms with van der Waals surface area (Å²) >= 11 is 0. The van der Waals surface area contributed by atoms with E-state index in [1.165, 1.54) is 0 Å². The molecule has 2 N–H and O–H groups in total. The Morgan fingerprint density at radius 1 is 1.80 bits per heavy atom. The fourth-order valence-corrected chi connectivity index (χ4v) is 0. The van der Waals surface area contributed by atoms with Crippen molar-refractivity contribution in [3.05, 3.63) is 0 Å². The minimum absolute atomic E-state index is 0. The van der Waals surface area contributed by atoms with Crippen LogP contribution < -0.4 is 5.90 Å². The van der Waals surface area contributed by atoms with Crippen LogP contribution in [0.15, 0.2) is 0 Å². The maximum atomic E-state index is 8.83. The van der Waals surface area contributed by atoms with Crippen LogP contribution in [-0.4, -0.2) is 44.2 Å². The molecule has 0 aromatic heterocycles. The molecular weight excluding hydrogens is 98.1 g/mol. The monoisotopic (exact) mass is 103 g/mol. The van der Waals surface area contributed by atoms with Crippen molar-refractivity contribution in [2.75, 3.05) is 0 Å². The molecule has 0 aromatic rings. The Morgan fingerprint density at radius 2 is 2.00 bits per heavy atom. The summed E-state index contributed by atoms with van der Waals surface area (Å²) in [6, 6.07) is 0. The van der Waals surface area contributed by atoms with E-state index in [2.05, 4.69) is 10.7 Å². The second-order valence-corrected chi connectivity index (χ2v) is 0.232. The first-order valence-electron chi connectivity index (χ1n) is 0.707. The van der Waals surface area contributed by atoms with Crippen molar-refractivity contribution in [1.82, 2.24) is 0 Å². The van der Waals surface area contributed by atoms with Gasteiger partial charge in [0.25, 0.3) is 0 Å². The van der Waals surface area contributed by atoms with Crippen molar-refractivity contribution >= 4 is 44.2 Å².